The number of thiocarbonyl (C=S) groups is 1. The molecule has 0 atom stereocenters. The van der Waals surface area contributed by atoms with E-state index in [1.165, 1.54) is 0 Å². The van der Waals surface area contributed by atoms with Crippen LogP contribution in [0.15, 0.2) is 41.3 Å². The summed E-state index contributed by atoms with van der Waals surface area (Å²) in [4.78, 5) is 11.1. The Morgan fingerprint density at radius 2 is 2.24 bits per heavy atom. The molecule has 21 heavy (non-hydrogen) atoms. The van der Waals surface area contributed by atoms with E-state index in [1.54, 1.807) is 12.4 Å². The summed E-state index contributed by atoms with van der Waals surface area (Å²) in [5, 5.41) is 0.585. The van der Waals surface area contributed by atoms with E-state index in [0.29, 0.717) is 29.5 Å². The van der Waals surface area contributed by atoms with E-state index in [-0.39, 0.29) is 0 Å². The summed E-state index contributed by atoms with van der Waals surface area (Å²) >= 11 is 14.4. The van der Waals surface area contributed by atoms with Gasteiger partial charge in [0.15, 0.2) is 0 Å². The monoisotopic (exact) mass is 384 g/mol. The first-order valence-electron chi connectivity index (χ1n) is 6.29. The number of aromatic nitrogens is 2. The second kappa shape index (κ2) is 7.68. The summed E-state index contributed by atoms with van der Waals surface area (Å²) in [5.74, 6) is 0.805. The minimum atomic E-state index is 0.483. The molecule has 0 aromatic carbocycles. The van der Waals surface area contributed by atoms with E-state index in [9.17, 15) is 0 Å². The zero-order valence-corrected chi connectivity index (χ0v) is 14.3. The van der Waals surface area contributed by atoms with Crippen LogP contribution in [-0.4, -0.2) is 21.5 Å². The second-order valence-electron chi connectivity index (χ2n) is 4.46. The topological polar surface area (TPSA) is 55.0 Å². The van der Waals surface area contributed by atoms with Crippen molar-refractivity contribution in [2.45, 2.75) is 13.0 Å². The largest absolute Gasteiger partial charge is 0.393 e. The predicted octanol–water partition coefficient (Wildman–Crippen LogP) is 3.58. The molecule has 0 bridgehead atoms. The summed E-state index contributed by atoms with van der Waals surface area (Å²) < 4.78 is 0.835. The normalized spacial score (nSPS) is 10.4. The van der Waals surface area contributed by atoms with Gasteiger partial charge in [0.05, 0.1) is 14.5 Å². The standard InChI is InChI=1S/C14H14BrClN4S/c15-12-6-11(16)8-19-14(12)20(5-3-13(17)21)9-10-2-1-4-18-7-10/h1-2,4,6-8H,3,5,9H2,(H2,17,21). The number of nitrogens with two attached hydrogens (primary N) is 1. The maximum atomic E-state index is 5.95. The lowest BCUT2D eigenvalue weighted by atomic mass is 10.2. The molecule has 0 saturated heterocycles. The van der Waals surface area contributed by atoms with Gasteiger partial charge in [0, 0.05) is 38.1 Å². The third kappa shape index (κ3) is 4.91. The van der Waals surface area contributed by atoms with Gasteiger partial charge in [0.1, 0.15) is 5.82 Å². The van der Waals surface area contributed by atoms with Gasteiger partial charge in [-0.25, -0.2) is 4.98 Å². The highest BCUT2D eigenvalue weighted by Gasteiger charge is 2.13. The fourth-order valence-electron chi connectivity index (χ4n) is 1.86. The zero-order chi connectivity index (χ0) is 15.2. The van der Waals surface area contributed by atoms with Crippen molar-refractivity contribution in [3.8, 4) is 0 Å². The van der Waals surface area contributed by atoms with Crippen LogP contribution in [-0.2, 0) is 6.54 Å². The Balaban J connectivity index is 2.24. The summed E-state index contributed by atoms with van der Waals surface area (Å²) in [6.07, 6.45) is 5.82. The van der Waals surface area contributed by atoms with Crippen molar-refractivity contribution in [1.82, 2.24) is 9.97 Å². The van der Waals surface area contributed by atoms with Gasteiger partial charge in [0.2, 0.25) is 0 Å². The van der Waals surface area contributed by atoms with Crippen LogP contribution in [0.3, 0.4) is 0 Å². The molecular formula is C14H14BrClN4S. The molecular weight excluding hydrogens is 372 g/mol. The molecule has 0 amide bonds. The maximum Gasteiger partial charge on any atom is 0.143 e. The van der Waals surface area contributed by atoms with Gasteiger partial charge in [0.25, 0.3) is 0 Å². The average Bonchev–Trinajstić information content (AvgIpc) is 2.45. The van der Waals surface area contributed by atoms with Gasteiger partial charge in [-0.15, -0.1) is 0 Å². The van der Waals surface area contributed by atoms with Crippen LogP contribution in [0.1, 0.15) is 12.0 Å². The summed E-state index contributed by atoms with van der Waals surface area (Å²) in [6.45, 7) is 1.35. The van der Waals surface area contributed by atoms with E-state index < -0.39 is 0 Å². The SMILES string of the molecule is NC(=S)CCN(Cc1cccnc1)c1ncc(Cl)cc1Br. The molecule has 2 N–H and O–H groups in total. The van der Waals surface area contributed by atoms with Crippen molar-refractivity contribution >= 4 is 50.6 Å². The van der Waals surface area contributed by atoms with Crippen LogP contribution in [0, 0.1) is 0 Å². The van der Waals surface area contributed by atoms with Gasteiger partial charge in [-0.1, -0.05) is 29.9 Å². The molecule has 2 aromatic rings. The summed E-state index contributed by atoms with van der Waals surface area (Å²) in [7, 11) is 0. The van der Waals surface area contributed by atoms with Crippen LogP contribution in [0.4, 0.5) is 5.82 Å². The highest BCUT2D eigenvalue weighted by molar-refractivity contribution is 9.10. The van der Waals surface area contributed by atoms with E-state index in [1.807, 2.05) is 24.4 Å². The zero-order valence-electron chi connectivity index (χ0n) is 11.2. The molecule has 110 valence electrons. The van der Waals surface area contributed by atoms with Gasteiger partial charge in [-0.3, -0.25) is 4.98 Å². The van der Waals surface area contributed by atoms with Crippen molar-refractivity contribution < 1.29 is 0 Å². The molecule has 0 aliphatic heterocycles. The van der Waals surface area contributed by atoms with Crippen LogP contribution >= 0.6 is 39.7 Å². The first-order valence-corrected chi connectivity index (χ1v) is 7.87. The number of anilines is 1. The lowest BCUT2D eigenvalue weighted by Crippen LogP contribution is -2.28. The predicted molar refractivity (Wildman–Crippen MR) is 93.6 cm³/mol. The second-order valence-corrected chi connectivity index (χ2v) is 6.27. The lowest BCUT2D eigenvalue weighted by molar-refractivity contribution is 0.785. The highest BCUT2D eigenvalue weighted by Crippen LogP contribution is 2.27. The minimum Gasteiger partial charge on any atom is -0.393 e. The number of pyridine rings is 2. The third-order valence-electron chi connectivity index (χ3n) is 2.81. The van der Waals surface area contributed by atoms with Crippen molar-refractivity contribution in [2.75, 3.05) is 11.4 Å². The smallest absolute Gasteiger partial charge is 0.143 e. The molecule has 0 saturated carbocycles. The van der Waals surface area contributed by atoms with Crippen LogP contribution < -0.4 is 10.6 Å². The highest BCUT2D eigenvalue weighted by atomic mass is 79.9. The Morgan fingerprint density at radius 3 is 2.86 bits per heavy atom. The average molecular weight is 386 g/mol. The lowest BCUT2D eigenvalue weighted by Gasteiger charge is -2.24. The van der Waals surface area contributed by atoms with E-state index in [4.69, 9.17) is 29.6 Å². The van der Waals surface area contributed by atoms with Crippen LogP contribution in [0.2, 0.25) is 5.02 Å². The van der Waals surface area contributed by atoms with Gasteiger partial charge in [-0.2, -0.15) is 0 Å². The van der Waals surface area contributed by atoms with Gasteiger partial charge >= 0.3 is 0 Å². The Bertz CT molecular complexity index is 624. The third-order valence-corrected chi connectivity index (χ3v) is 3.81. The Hall–Kier alpha value is -1.24. The summed E-state index contributed by atoms with van der Waals surface area (Å²) in [6, 6.07) is 5.75. The molecule has 0 fully saturated rings. The minimum absolute atomic E-state index is 0.483. The Labute approximate surface area is 142 Å². The molecule has 4 nitrogen and oxygen atoms in total. The van der Waals surface area contributed by atoms with Crippen molar-refractivity contribution in [2.24, 2.45) is 5.73 Å². The number of hydrogen-bond donors (Lipinski definition) is 1. The van der Waals surface area contributed by atoms with Crippen LogP contribution in [0.5, 0.6) is 0 Å². The fraction of sp³-hybridized carbons (Fsp3) is 0.214. The van der Waals surface area contributed by atoms with Gasteiger partial charge < -0.3 is 10.6 Å². The molecule has 0 aliphatic rings. The molecule has 2 rings (SSSR count). The first kappa shape index (κ1) is 16.1. The van der Waals surface area contributed by atoms with Crippen molar-refractivity contribution in [3.63, 3.8) is 0 Å². The number of hydrogen-bond acceptors (Lipinski definition) is 4. The molecule has 0 aliphatic carbocycles. The number of nitrogens with zero attached hydrogens (tertiary/aromatic N) is 3. The van der Waals surface area contributed by atoms with E-state index in [0.717, 1.165) is 15.9 Å². The number of halogens is 2. The Kier molecular flexibility index (Phi) is 5.90. The molecule has 0 spiro atoms. The summed E-state index contributed by atoms with van der Waals surface area (Å²) in [5.41, 5.74) is 6.70. The molecule has 7 heteroatoms. The van der Waals surface area contributed by atoms with E-state index in [2.05, 4.69) is 30.8 Å². The Morgan fingerprint density at radius 1 is 1.43 bits per heavy atom. The van der Waals surface area contributed by atoms with Crippen LogP contribution in [0.25, 0.3) is 0 Å². The van der Waals surface area contributed by atoms with E-state index >= 15 is 0 Å². The fourth-order valence-corrected chi connectivity index (χ4v) is 2.84. The van der Waals surface area contributed by atoms with Gasteiger partial charge in [-0.05, 0) is 33.6 Å². The maximum absolute atomic E-state index is 5.95. The molecule has 0 unspecified atom stereocenters. The van der Waals surface area contributed by atoms with Crippen molar-refractivity contribution in [1.29, 1.82) is 0 Å². The number of rotatable bonds is 6. The molecule has 2 aromatic heterocycles. The quantitative estimate of drug-likeness (QED) is 0.770. The van der Waals surface area contributed by atoms with Crippen molar-refractivity contribution in [3.05, 3.63) is 51.8 Å². The first-order chi connectivity index (χ1) is 10.1. The molecule has 2 heterocycles. The molecule has 0 radical (unpaired) electrons.